The van der Waals surface area contributed by atoms with Crippen LogP contribution in [-0.4, -0.2) is 23.8 Å². The van der Waals surface area contributed by atoms with Crippen molar-refractivity contribution in [1.82, 2.24) is 4.57 Å². The molecule has 0 fully saturated rings. The number of fused-ring (bicyclic) bond motifs is 1. The topological polar surface area (TPSA) is 69.9 Å². The van der Waals surface area contributed by atoms with Crippen molar-refractivity contribution in [1.29, 1.82) is 0 Å². The fourth-order valence-corrected chi connectivity index (χ4v) is 5.21. The number of hydrogen-bond acceptors (Lipinski definition) is 6. The first-order valence-electron chi connectivity index (χ1n) is 11.7. The number of nitrogens with zero attached hydrogens (tertiary/aromatic N) is 2. The van der Waals surface area contributed by atoms with E-state index in [1.54, 1.807) is 19.9 Å². The highest BCUT2D eigenvalue weighted by atomic mass is 35.5. The van der Waals surface area contributed by atoms with Crippen LogP contribution in [0.3, 0.4) is 0 Å². The second-order valence-electron chi connectivity index (χ2n) is 8.21. The van der Waals surface area contributed by atoms with Gasteiger partial charge in [-0.3, -0.25) is 9.36 Å². The third-order valence-corrected chi connectivity index (χ3v) is 7.07. The number of carbonyl (C=O) groups excluding carboxylic acids is 1. The predicted molar refractivity (Wildman–Crippen MR) is 139 cm³/mol. The summed E-state index contributed by atoms with van der Waals surface area (Å²) in [5.74, 6) is -0.377. The summed E-state index contributed by atoms with van der Waals surface area (Å²) in [6.07, 6.45) is 3.39. The lowest BCUT2D eigenvalue weighted by Gasteiger charge is -2.24. The molecule has 1 unspecified atom stereocenters. The lowest BCUT2D eigenvalue weighted by molar-refractivity contribution is -0.139. The maximum atomic E-state index is 14.4. The van der Waals surface area contributed by atoms with Crippen LogP contribution in [0.5, 0.6) is 5.75 Å². The molecule has 9 heteroatoms. The minimum atomic E-state index is -0.761. The molecular weight excluding hydrogens is 503 g/mol. The van der Waals surface area contributed by atoms with Crippen molar-refractivity contribution in [3.63, 3.8) is 0 Å². The number of rotatable bonds is 8. The third kappa shape index (κ3) is 5.15. The van der Waals surface area contributed by atoms with Crippen LogP contribution in [0.25, 0.3) is 6.08 Å². The number of unbranched alkanes of at least 4 members (excludes halogenated alkanes) is 1. The molecule has 0 radical (unpaired) electrons. The number of carbonyl (C=O) groups is 1. The fraction of sp³-hybridized carbons (Fsp3) is 0.296. The average molecular weight is 529 g/mol. The van der Waals surface area contributed by atoms with Crippen LogP contribution in [0, 0.1) is 5.82 Å². The second-order valence-corrected chi connectivity index (χ2v) is 9.62. The van der Waals surface area contributed by atoms with E-state index in [9.17, 15) is 14.0 Å². The highest BCUT2D eigenvalue weighted by Crippen LogP contribution is 2.31. The minimum absolute atomic E-state index is 0.121. The Hall–Kier alpha value is -3.23. The Morgan fingerprint density at radius 2 is 1.97 bits per heavy atom. The molecule has 2 aromatic carbocycles. The maximum absolute atomic E-state index is 14.4. The van der Waals surface area contributed by atoms with E-state index in [1.165, 1.54) is 22.8 Å². The molecule has 1 aliphatic rings. The van der Waals surface area contributed by atoms with Crippen LogP contribution in [0.15, 0.2) is 63.5 Å². The lowest BCUT2D eigenvalue weighted by Crippen LogP contribution is -2.39. The summed E-state index contributed by atoms with van der Waals surface area (Å²) in [6.45, 7) is 6.32. The summed E-state index contributed by atoms with van der Waals surface area (Å²) < 4.78 is 27.2. The molecule has 2 heterocycles. The molecule has 1 aromatic heterocycles. The van der Waals surface area contributed by atoms with E-state index in [-0.39, 0.29) is 27.3 Å². The highest BCUT2D eigenvalue weighted by Gasteiger charge is 2.33. The minimum Gasteiger partial charge on any atom is -0.494 e. The molecule has 4 rings (SSSR count). The van der Waals surface area contributed by atoms with Crippen LogP contribution in [0.2, 0.25) is 5.02 Å². The van der Waals surface area contributed by atoms with Crippen LogP contribution in [0.4, 0.5) is 4.39 Å². The number of ether oxygens (including phenoxy) is 2. The number of esters is 1. The molecule has 188 valence electrons. The van der Waals surface area contributed by atoms with Crippen molar-refractivity contribution in [2.75, 3.05) is 13.2 Å². The number of aromatic nitrogens is 1. The number of halogens is 2. The molecule has 0 N–H and O–H groups in total. The summed E-state index contributed by atoms with van der Waals surface area (Å²) in [7, 11) is 0. The molecule has 36 heavy (non-hydrogen) atoms. The summed E-state index contributed by atoms with van der Waals surface area (Å²) in [4.78, 5) is 31.5. The first kappa shape index (κ1) is 25.9. The zero-order valence-electron chi connectivity index (χ0n) is 20.2. The Kier molecular flexibility index (Phi) is 8.06. The van der Waals surface area contributed by atoms with Crippen molar-refractivity contribution < 1.29 is 18.7 Å². The monoisotopic (exact) mass is 528 g/mol. The number of hydrogen-bond donors (Lipinski definition) is 0. The lowest BCUT2D eigenvalue weighted by atomic mass is 9.96. The van der Waals surface area contributed by atoms with Crippen LogP contribution in [0.1, 0.15) is 50.8 Å². The zero-order chi connectivity index (χ0) is 25.8. The zero-order valence-corrected chi connectivity index (χ0v) is 21.8. The van der Waals surface area contributed by atoms with Crippen molar-refractivity contribution in [3.8, 4) is 5.75 Å². The number of benzene rings is 2. The standard InChI is InChI=1S/C27H26ClFN2O4S/c1-4-6-14-35-18-12-10-17(11-13-18)24-23(26(33)34-5-2)16(3)30-27-31(24)25(32)22(36-27)15-19-20(28)8-7-9-21(19)29/h7-13,15,24H,4-6,14H2,1-3H3. The molecule has 0 saturated heterocycles. The van der Waals surface area contributed by atoms with Gasteiger partial charge in [-0.05, 0) is 56.2 Å². The summed E-state index contributed by atoms with van der Waals surface area (Å²) in [6, 6.07) is 10.9. The van der Waals surface area contributed by atoms with Gasteiger partial charge in [0, 0.05) is 5.56 Å². The Labute approximate surface area is 217 Å². The molecule has 1 aliphatic heterocycles. The van der Waals surface area contributed by atoms with Crippen molar-refractivity contribution in [2.24, 2.45) is 4.99 Å². The SMILES string of the molecule is CCCCOc1ccc(C2C(C(=O)OCC)=C(C)N=c3sc(=Cc4c(F)cccc4Cl)c(=O)n32)cc1. The number of allylic oxidation sites excluding steroid dienone is 1. The molecule has 3 aromatic rings. The third-order valence-electron chi connectivity index (χ3n) is 5.75. The van der Waals surface area contributed by atoms with Gasteiger partial charge >= 0.3 is 5.97 Å². The Balaban J connectivity index is 1.87. The van der Waals surface area contributed by atoms with Gasteiger partial charge in [0.25, 0.3) is 5.56 Å². The van der Waals surface area contributed by atoms with Gasteiger partial charge in [0.1, 0.15) is 11.6 Å². The molecule has 6 nitrogen and oxygen atoms in total. The van der Waals surface area contributed by atoms with Crippen molar-refractivity contribution >= 4 is 35.0 Å². The average Bonchev–Trinajstić information content (AvgIpc) is 3.16. The predicted octanol–water partition coefficient (Wildman–Crippen LogP) is 4.77. The molecule has 0 aliphatic carbocycles. The number of thiazole rings is 1. The van der Waals surface area contributed by atoms with Crippen LogP contribution < -0.4 is 19.6 Å². The van der Waals surface area contributed by atoms with Crippen LogP contribution >= 0.6 is 22.9 Å². The Morgan fingerprint density at radius 3 is 2.64 bits per heavy atom. The van der Waals surface area contributed by atoms with Gasteiger partial charge in [0.05, 0.1) is 40.1 Å². The van der Waals surface area contributed by atoms with Crippen LogP contribution in [-0.2, 0) is 9.53 Å². The van der Waals surface area contributed by atoms with Gasteiger partial charge in [-0.2, -0.15) is 0 Å². The van der Waals surface area contributed by atoms with Crippen molar-refractivity contribution in [3.05, 3.63) is 95.4 Å². The van der Waals surface area contributed by atoms with Gasteiger partial charge in [0.2, 0.25) is 0 Å². The van der Waals surface area contributed by atoms with E-state index in [0.717, 1.165) is 24.2 Å². The van der Waals surface area contributed by atoms with E-state index in [4.69, 9.17) is 21.1 Å². The van der Waals surface area contributed by atoms with E-state index < -0.39 is 23.4 Å². The smallest absolute Gasteiger partial charge is 0.338 e. The maximum Gasteiger partial charge on any atom is 0.338 e. The van der Waals surface area contributed by atoms with Gasteiger partial charge in [-0.15, -0.1) is 0 Å². The molecule has 0 amide bonds. The quantitative estimate of drug-likeness (QED) is 0.312. The van der Waals surface area contributed by atoms with E-state index >= 15 is 0 Å². The highest BCUT2D eigenvalue weighted by molar-refractivity contribution is 7.07. The molecule has 0 bridgehead atoms. The summed E-state index contributed by atoms with van der Waals surface area (Å²) >= 11 is 7.30. The second kappa shape index (κ2) is 11.2. The normalized spacial score (nSPS) is 15.5. The Morgan fingerprint density at radius 1 is 1.22 bits per heavy atom. The van der Waals surface area contributed by atoms with E-state index in [2.05, 4.69) is 11.9 Å². The fourth-order valence-electron chi connectivity index (χ4n) is 3.97. The van der Waals surface area contributed by atoms with Gasteiger partial charge < -0.3 is 9.47 Å². The molecule has 0 saturated carbocycles. The van der Waals surface area contributed by atoms with E-state index in [1.807, 2.05) is 24.3 Å². The first-order chi connectivity index (χ1) is 17.3. The molecular formula is C27H26ClFN2O4S. The Bertz CT molecular complexity index is 1470. The van der Waals surface area contributed by atoms with Gasteiger partial charge in [0.15, 0.2) is 4.80 Å². The summed E-state index contributed by atoms with van der Waals surface area (Å²) in [5.41, 5.74) is 1.15. The van der Waals surface area contributed by atoms with Crippen molar-refractivity contribution in [2.45, 2.75) is 39.7 Å². The largest absolute Gasteiger partial charge is 0.494 e. The first-order valence-corrected chi connectivity index (χ1v) is 12.9. The van der Waals surface area contributed by atoms with Gasteiger partial charge in [-0.25, -0.2) is 14.2 Å². The molecule has 1 atom stereocenters. The van der Waals surface area contributed by atoms with Gasteiger partial charge in [-0.1, -0.05) is 54.5 Å². The van der Waals surface area contributed by atoms with E-state index in [0.29, 0.717) is 28.4 Å². The molecule has 0 spiro atoms. The summed E-state index contributed by atoms with van der Waals surface area (Å²) in [5, 5.41) is 0.194.